The molecule has 178 valence electrons. The molecule has 1 saturated heterocycles. The molecule has 2 N–H and O–H groups in total. The quantitative estimate of drug-likeness (QED) is 0.363. The number of para-hydroxylation sites is 1. The Morgan fingerprint density at radius 3 is 2.56 bits per heavy atom. The molecule has 2 aromatic rings. The summed E-state index contributed by atoms with van der Waals surface area (Å²) in [4.78, 5) is 50.6. The van der Waals surface area contributed by atoms with E-state index in [0.29, 0.717) is 17.3 Å². The Hall–Kier alpha value is -3.75. The van der Waals surface area contributed by atoms with E-state index in [4.69, 9.17) is 0 Å². The van der Waals surface area contributed by atoms with Crippen molar-refractivity contribution in [2.24, 2.45) is 17.8 Å². The van der Waals surface area contributed by atoms with Crippen LogP contribution < -0.4 is 10.6 Å². The number of rotatable bonds is 7. The number of nitrogens with zero attached hydrogens (tertiary/aromatic N) is 2. The van der Waals surface area contributed by atoms with Crippen molar-refractivity contribution in [2.45, 2.75) is 33.1 Å². The molecule has 1 aliphatic heterocycles. The molecular weight excluding hydrogens is 436 g/mol. The van der Waals surface area contributed by atoms with Crippen LogP contribution in [0.4, 0.5) is 17.1 Å². The Balaban J connectivity index is 1.48. The van der Waals surface area contributed by atoms with Crippen molar-refractivity contribution in [2.75, 3.05) is 23.7 Å². The molecule has 0 unspecified atom stereocenters. The van der Waals surface area contributed by atoms with Crippen LogP contribution in [0.1, 0.15) is 42.1 Å². The standard InChI is InChI=1S/C25H28N4O5/c1-15-7-9-18-19(13-15)25(32)28(24(18)31)12-11-26-22-10-8-17(29(33)34)14-20(22)23(30)27-21-6-4-3-5-16(21)2/h3-6,8,10,14-15,18-19,26H,7,9,11-13H2,1-2H3,(H,27,30)/t15-,18+,19-/m0/s1. The van der Waals surface area contributed by atoms with E-state index in [9.17, 15) is 24.5 Å². The molecule has 0 aromatic heterocycles. The summed E-state index contributed by atoms with van der Waals surface area (Å²) in [6.07, 6.45) is 2.44. The highest BCUT2D eigenvalue weighted by Gasteiger charge is 2.49. The smallest absolute Gasteiger partial charge is 0.270 e. The summed E-state index contributed by atoms with van der Waals surface area (Å²) in [5, 5.41) is 17.2. The summed E-state index contributed by atoms with van der Waals surface area (Å²) in [7, 11) is 0. The number of hydrogen-bond acceptors (Lipinski definition) is 6. The number of likely N-dealkylation sites (tertiary alicyclic amines) is 1. The topological polar surface area (TPSA) is 122 Å². The zero-order chi connectivity index (χ0) is 24.4. The van der Waals surface area contributed by atoms with Gasteiger partial charge in [0.25, 0.3) is 11.6 Å². The van der Waals surface area contributed by atoms with Crippen molar-refractivity contribution in [1.82, 2.24) is 4.90 Å². The molecule has 4 rings (SSSR count). The van der Waals surface area contributed by atoms with Crippen molar-refractivity contribution in [3.63, 3.8) is 0 Å². The number of carbonyl (C=O) groups is 3. The molecule has 0 radical (unpaired) electrons. The van der Waals surface area contributed by atoms with Crippen molar-refractivity contribution in [3.8, 4) is 0 Å². The van der Waals surface area contributed by atoms with Gasteiger partial charge in [0.05, 0.1) is 22.3 Å². The fourth-order valence-corrected chi connectivity index (χ4v) is 4.87. The van der Waals surface area contributed by atoms with E-state index in [2.05, 4.69) is 17.6 Å². The predicted molar refractivity (Wildman–Crippen MR) is 127 cm³/mol. The molecule has 1 saturated carbocycles. The summed E-state index contributed by atoms with van der Waals surface area (Å²) < 4.78 is 0. The number of hydrogen-bond donors (Lipinski definition) is 2. The first-order valence-corrected chi connectivity index (χ1v) is 11.5. The number of benzene rings is 2. The average molecular weight is 465 g/mol. The van der Waals surface area contributed by atoms with E-state index in [1.807, 2.05) is 19.1 Å². The van der Waals surface area contributed by atoms with Crippen LogP contribution in [0.5, 0.6) is 0 Å². The van der Waals surface area contributed by atoms with Gasteiger partial charge in [-0.25, -0.2) is 0 Å². The summed E-state index contributed by atoms with van der Waals surface area (Å²) in [6.45, 7) is 4.37. The number of imide groups is 1. The van der Waals surface area contributed by atoms with Crippen molar-refractivity contribution < 1.29 is 19.3 Å². The molecule has 1 aliphatic carbocycles. The molecular formula is C25H28N4O5. The normalized spacial score (nSPS) is 21.8. The molecule has 9 nitrogen and oxygen atoms in total. The summed E-state index contributed by atoms with van der Waals surface area (Å²) >= 11 is 0. The molecule has 34 heavy (non-hydrogen) atoms. The highest BCUT2D eigenvalue weighted by molar-refractivity contribution is 6.09. The van der Waals surface area contributed by atoms with Crippen LogP contribution in [-0.2, 0) is 9.59 Å². The molecule has 3 atom stereocenters. The lowest BCUT2D eigenvalue weighted by atomic mass is 9.76. The number of nitro groups is 1. The maximum Gasteiger partial charge on any atom is 0.270 e. The minimum absolute atomic E-state index is 0.110. The van der Waals surface area contributed by atoms with E-state index in [1.165, 1.54) is 23.1 Å². The molecule has 2 aromatic carbocycles. The SMILES string of the molecule is Cc1ccccc1NC(=O)c1cc([N+](=O)[O-])ccc1NCCN1C(=O)[C@H]2C[C@@H](C)CC[C@H]2C1=O. The van der Waals surface area contributed by atoms with E-state index in [-0.39, 0.29) is 48.0 Å². The third-order valence-corrected chi connectivity index (χ3v) is 6.78. The second-order valence-corrected chi connectivity index (χ2v) is 9.14. The second kappa shape index (κ2) is 9.62. The molecule has 3 amide bonds. The molecule has 1 heterocycles. The summed E-state index contributed by atoms with van der Waals surface area (Å²) in [5.41, 5.74) is 1.76. The molecule has 2 aliphatic rings. The molecule has 0 bridgehead atoms. The van der Waals surface area contributed by atoms with E-state index < -0.39 is 10.8 Å². The number of aryl methyl sites for hydroxylation is 1. The van der Waals surface area contributed by atoms with Crippen LogP contribution in [0.3, 0.4) is 0 Å². The maximum absolute atomic E-state index is 13.0. The lowest BCUT2D eigenvalue weighted by Gasteiger charge is -2.25. The van der Waals surface area contributed by atoms with Crippen molar-refractivity contribution in [3.05, 3.63) is 63.7 Å². The number of amides is 3. The number of nitro benzene ring substituents is 1. The zero-order valence-corrected chi connectivity index (χ0v) is 19.2. The van der Waals surface area contributed by atoms with E-state index >= 15 is 0 Å². The average Bonchev–Trinajstić information content (AvgIpc) is 3.04. The fraction of sp³-hybridized carbons (Fsp3) is 0.400. The maximum atomic E-state index is 13.0. The number of non-ortho nitro benzene ring substituents is 1. The van der Waals surface area contributed by atoms with Gasteiger partial charge in [-0.15, -0.1) is 0 Å². The van der Waals surface area contributed by atoms with Crippen molar-refractivity contribution >= 4 is 34.8 Å². The van der Waals surface area contributed by atoms with Crippen LogP contribution in [-0.4, -0.2) is 40.6 Å². The van der Waals surface area contributed by atoms with Gasteiger partial charge in [-0.1, -0.05) is 25.1 Å². The van der Waals surface area contributed by atoms with Crippen LogP contribution in [0.2, 0.25) is 0 Å². The van der Waals surface area contributed by atoms with Gasteiger partial charge in [-0.2, -0.15) is 0 Å². The number of carbonyl (C=O) groups excluding carboxylic acids is 3. The first-order chi connectivity index (χ1) is 16.3. The third kappa shape index (κ3) is 4.64. The summed E-state index contributed by atoms with van der Waals surface area (Å²) in [5.74, 6) is -0.751. The number of fused-ring (bicyclic) bond motifs is 1. The van der Waals surface area contributed by atoms with Gasteiger partial charge in [0.2, 0.25) is 11.8 Å². The minimum Gasteiger partial charge on any atom is -0.383 e. The largest absolute Gasteiger partial charge is 0.383 e. The number of anilines is 2. The zero-order valence-electron chi connectivity index (χ0n) is 19.2. The highest BCUT2D eigenvalue weighted by Crippen LogP contribution is 2.40. The van der Waals surface area contributed by atoms with Gasteiger partial charge in [0.15, 0.2) is 0 Å². The summed E-state index contributed by atoms with van der Waals surface area (Å²) in [6, 6.07) is 11.3. The highest BCUT2D eigenvalue weighted by atomic mass is 16.6. The van der Waals surface area contributed by atoms with Gasteiger partial charge in [-0.05, 0) is 49.8 Å². The van der Waals surface area contributed by atoms with Crippen LogP contribution in [0, 0.1) is 34.8 Å². The van der Waals surface area contributed by atoms with Gasteiger partial charge < -0.3 is 10.6 Å². The predicted octanol–water partition coefficient (Wildman–Crippen LogP) is 3.99. The third-order valence-electron chi connectivity index (χ3n) is 6.78. The first-order valence-electron chi connectivity index (χ1n) is 11.5. The Labute approximate surface area is 197 Å². The Morgan fingerprint density at radius 2 is 1.82 bits per heavy atom. The van der Waals surface area contributed by atoms with Crippen LogP contribution in [0.15, 0.2) is 42.5 Å². The van der Waals surface area contributed by atoms with Crippen LogP contribution in [0.25, 0.3) is 0 Å². The van der Waals surface area contributed by atoms with Crippen LogP contribution >= 0.6 is 0 Å². The van der Waals surface area contributed by atoms with E-state index in [0.717, 1.165) is 24.8 Å². The lowest BCUT2D eigenvalue weighted by Crippen LogP contribution is -2.35. The monoisotopic (exact) mass is 464 g/mol. The second-order valence-electron chi connectivity index (χ2n) is 9.14. The molecule has 2 fully saturated rings. The Morgan fingerprint density at radius 1 is 1.09 bits per heavy atom. The van der Waals surface area contributed by atoms with Gasteiger partial charge in [-0.3, -0.25) is 29.4 Å². The molecule has 9 heteroatoms. The number of nitrogens with one attached hydrogen (secondary N) is 2. The van der Waals surface area contributed by atoms with Gasteiger partial charge >= 0.3 is 0 Å². The first kappa shape index (κ1) is 23.4. The fourth-order valence-electron chi connectivity index (χ4n) is 4.87. The van der Waals surface area contributed by atoms with Gasteiger partial charge in [0, 0.05) is 36.6 Å². The van der Waals surface area contributed by atoms with E-state index in [1.54, 1.807) is 12.1 Å². The minimum atomic E-state index is -0.557. The Kier molecular flexibility index (Phi) is 6.63. The van der Waals surface area contributed by atoms with Crippen molar-refractivity contribution in [1.29, 1.82) is 0 Å². The lowest BCUT2D eigenvalue weighted by molar-refractivity contribution is -0.384. The Bertz CT molecular complexity index is 1150. The molecule has 0 spiro atoms. The van der Waals surface area contributed by atoms with Gasteiger partial charge in [0.1, 0.15) is 0 Å².